The van der Waals surface area contributed by atoms with E-state index in [0.29, 0.717) is 5.69 Å². The second kappa shape index (κ2) is 4.93. The van der Waals surface area contributed by atoms with Gasteiger partial charge in [-0.25, -0.2) is 13.6 Å². The van der Waals surface area contributed by atoms with Crippen LogP contribution in [-0.4, -0.2) is 21.0 Å². The quantitative estimate of drug-likeness (QED) is 0.792. The van der Waals surface area contributed by atoms with Crippen LogP contribution in [0.25, 0.3) is 0 Å². The topological polar surface area (TPSA) is 89.4 Å². The summed E-state index contributed by atoms with van der Waals surface area (Å²) in [4.78, 5) is 2.00. The van der Waals surface area contributed by atoms with Crippen LogP contribution in [0.4, 0.5) is 11.4 Å². The molecule has 0 bridgehead atoms. The van der Waals surface area contributed by atoms with Crippen LogP contribution in [0.5, 0.6) is 0 Å². The Bertz CT molecular complexity index is 497. The zero-order valence-electron chi connectivity index (χ0n) is 10.3. The third kappa shape index (κ3) is 2.89. The third-order valence-electron chi connectivity index (χ3n) is 2.62. The van der Waals surface area contributed by atoms with Crippen molar-refractivity contribution in [2.45, 2.75) is 31.7 Å². The molecule has 0 aromatic heterocycles. The fourth-order valence-corrected chi connectivity index (χ4v) is 2.52. The molecule has 0 fully saturated rings. The minimum Gasteiger partial charge on any atom is -0.396 e. The summed E-state index contributed by atoms with van der Waals surface area (Å²) < 4.78 is 22.7. The number of nitrogens with two attached hydrogens (primary N) is 2. The predicted octanol–water partition coefficient (Wildman–Crippen LogP) is 1.15. The van der Waals surface area contributed by atoms with Gasteiger partial charge >= 0.3 is 0 Å². The zero-order valence-corrected chi connectivity index (χ0v) is 11.2. The summed E-state index contributed by atoms with van der Waals surface area (Å²) in [6.07, 6.45) is 0. The van der Waals surface area contributed by atoms with E-state index in [-0.39, 0.29) is 16.6 Å². The summed E-state index contributed by atoms with van der Waals surface area (Å²) >= 11 is 0. The van der Waals surface area contributed by atoms with Gasteiger partial charge in [0.2, 0.25) is 10.0 Å². The van der Waals surface area contributed by atoms with Crippen LogP contribution < -0.4 is 15.8 Å². The molecule has 0 spiro atoms. The van der Waals surface area contributed by atoms with Gasteiger partial charge in [0.1, 0.15) is 4.90 Å². The first kappa shape index (κ1) is 13.8. The van der Waals surface area contributed by atoms with Crippen molar-refractivity contribution in [3.63, 3.8) is 0 Å². The number of hydrogen-bond acceptors (Lipinski definition) is 4. The minimum atomic E-state index is -3.78. The molecule has 6 heteroatoms. The van der Waals surface area contributed by atoms with Crippen molar-refractivity contribution in [1.82, 2.24) is 0 Å². The maximum absolute atomic E-state index is 11.4. The maximum Gasteiger partial charge on any atom is 0.240 e. The summed E-state index contributed by atoms with van der Waals surface area (Å²) in [5.74, 6) is 0. The maximum atomic E-state index is 11.4. The number of nitrogen functional groups attached to an aromatic ring is 1. The number of benzene rings is 1. The smallest absolute Gasteiger partial charge is 0.240 e. The van der Waals surface area contributed by atoms with Crippen LogP contribution in [0.15, 0.2) is 23.1 Å². The molecule has 1 aromatic rings. The van der Waals surface area contributed by atoms with Crippen LogP contribution >= 0.6 is 0 Å². The molecule has 0 atom stereocenters. The number of hydrogen-bond donors (Lipinski definition) is 2. The Morgan fingerprint density at radius 1 is 1.35 bits per heavy atom. The second-order valence-corrected chi connectivity index (χ2v) is 5.64. The van der Waals surface area contributed by atoms with E-state index in [1.165, 1.54) is 6.07 Å². The number of anilines is 2. The molecule has 0 unspecified atom stereocenters. The van der Waals surface area contributed by atoms with Gasteiger partial charge in [-0.05, 0) is 32.9 Å². The van der Waals surface area contributed by atoms with Gasteiger partial charge < -0.3 is 10.6 Å². The zero-order chi connectivity index (χ0) is 13.2. The van der Waals surface area contributed by atoms with Crippen molar-refractivity contribution in [2.24, 2.45) is 5.14 Å². The Labute approximate surface area is 102 Å². The molecule has 0 aliphatic heterocycles. The molecule has 0 aliphatic carbocycles. The van der Waals surface area contributed by atoms with Crippen LogP contribution in [0.3, 0.4) is 0 Å². The highest BCUT2D eigenvalue weighted by atomic mass is 32.2. The Morgan fingerprint density at radius 3 is 2.35 bits per heavy atom. The molecule has 1 rings (SSSR count). The van der Waals surface area contributed by atoms with Crippen LogP contribution in [0.2, 0.25) is 0 Å². The Hall–Kier alpha value is -1.27. The number of primary sulfonamides is 1. The number of para-hydroxylation sites is 1. The third-order valence-corrected chi connectivity index (χ3v) is 3.59. The van der Waals surface area contributed by atoms with Gasteiger partial charge in [-0.15, -0.1) is 0 Å². The van der Waals surface area contributed by atoms with E-state index < -0.39 is 10.0 Å². The molecule has 1 aromatic carbocycles. The fraction of sp³-hybridized carbons (Fsp3) is 0.455. The highest BCUT2D eigenvalue weighted by Crippen LogP contribution is 2.30. The summed E-state index contributed by atoms with van der Waals surface area (Å²) in [6, 6.07) is 5.10. The first-order valence-corrected chi connectivity index (χ1v) is 7.01. The van der Waals surface area contributed by atoms with Gasteiger partial charge in [0.15, 0.2) is 0 Å². The number of sulfonamides is 1. The standard InChI is InChI=1S/C11H19N3O2S/c1-4-14(8(2)3)9-6-5-7-10(11(9)12)17(13,15)16/h5-8H,4,12H2,1-3H3,(H2,13,15,16). The van der Waals surface area contributed by atoms with Gasteiger partial charge in [0, 0.05) is 12.6 Å². The average Bonchev–Trinajstić information content (AvgIpc) is 2.19. The predicted molar refractivity (Wildman–Crippen MR) is 70.4 cm³/mol. The average molecular weight is 257 g/mol. The molecule has 0 amide bonds. The van der Waals surface area contributed by atoms with Crippen molar-refractivity contribution in [1.29, 1.82) is 0 Å². The van der Waals surface area contributed by atoms with E-state index in [1.54, 1.807) is 12.1 Å². The van der Waals surface area contributed by atoms with Crippen LogP contribution in [0.1, 0.15) is 20.8 Å². The van der Waals surface area contributed by atoms with Crippen molar-refractivity contribution in [3.8, 4) is 0 Å². The normalized spacial score (nSPS) is 11.8. The van der Waals surface area contributed by atoms with E-state index in [4.69, 9.17) is 10.9 Å². The molecule has 96 valence electrons. The van der Waals surface area contributed by atoms with E-state index in [0.717, 1.165) is 6.54 Å². The summed E-state index contributed by atoms with van der Waals surface area (Å²) in [5, 5.41) is 5.12. The molecule has 0 radical (unpaired) electrons. The molecule has 4 N–H and O–H groups in total. The van der Waals surface area contributed by atoms with E-state index in [1.807, 2.05) is 25.7 Å². The molecule has 0 saturated heterocycles. The lowest BCUT2D eigenvalue weighted by Crippen LogP contribution is -2.31. The molecule has 0 heterocycles. The fourth-order valence-electron chi connectivity index (χ4n) is 1.84. The van der Waals surface area contributed by atoms with E-state index in [2.05, 4.69) is 0 Å². The van der Waals surface area contributed by atoms with Gasteiger partial charge in [-0.2, -0.15) is 0 Å². The number of rotatable bonds is 4. The molecular weight excluding hydrogens is 238 g/mol. The summed E-state index contributed by atoms with van der Waals surface area (Å²) in [5.41, 5.74) is 6.80. The lowest BCUT2D eigenvalue weighted by molar-refractivity contribution is 0.598. The van der Waals surface area contributed by atoms with E-state index in [9.17, 15) is 8.42 Å². The molecule has 5 nitrogen and oxygen atoms in total. The van der Waals surface area contributed by atoms with Gasteiger partial charge in [0.05, 0.1) is 11.4 Å². The van der Waals surface area contributed by atoms with Gasteiger partial charge in [-0.3, -0.25) is 0 Å². The van der Waals surface area contributed by atoms with Crippen molar-refractivity contribution in [3.05, 3.63) is 18.2 Å². The molecule has 0 aliphatic rings. The Morgan fingerprint density at radius 2 is 1.94 bits per heavy atom. The van der Waals surface area contributed by atoms with E-state index >= 15 is 0 Å². The van der Waals surface area contributed by atoms with Crippen LogP contribution in [-0.2, 0) is 10.0 Å². The largest absolute Gasteiger partial charge is 0.396 e. The minimum absolute atomic E-state index is 0.0194. The second-order valence-electron chi connectivity index (χ2n) is 4.11. The summed E-state index contributed by atoms with van der Waals surface area (Å²) in [7, 11) is -3.78. The monoisotopic (exact) mass is 257 g/mol. The Kier molecular flexibility index (Phi) is 4.00. The van der Waals surface area contributed by atoms with Gasteiger partial charge in [0.25, 0.3) is 0 Å². The first-order chi connectivity index (χ1) is 7.79. The van der Waals surface area contributed by atoms with Crippen LogP contribution in [0, 0.1) is 0 Å². The Balaban J connectivity index is 3.38. The molecular formula is C11H19N3O2S. The lowest BCUT2D eigenvalue weighted by atomic mass is 10.2. The highest BCUT2D eigenvalue weighted by Gasteiger charge is 2.18. The van der Waals surface area contributed by atoms with Gasteiger partial charge in [-0.1, -0.05) is 6.07 Å². The highest BCUT2D eigenvalue weighted by molar-refractivity contribution is 7.89. The van der Waals surface area contributed by atoms with Crippen molar-refractivity contribution < 1.29 is 8.42 Å². The molecule has 0 saturated carbocycles. The number of nitrogens with zero attached hydrogens (tertiary/aromatic N) is 1. The van der Waals surface area contributed by atoms with Crippen molar-refractivity contribution in [2.75, 3.05) is 17.2 Å². The lowest BCUT2D eigenvalue weighted by Gasteiger charge is -2.29. The molecule has 17 heavy (non-hydrogen) atoms. The SMILES string of the molecule is CCN(c1cccc(S(N)(=O)=O)c1N)C(C)C. The first-order valence-electron chi connectivity index (χ1n) is 5.47. The summed E-state index contributed by atoms with van der Waals surface area (Å²) in [6.45, 7) is 6.78. The van der Waals surface area contributed by atoms with Crippen molar-refractivity contribution >= 4 is 21.4 Å².